The monoisotopic (exact) mass is 470 g/mol. The highest BCUT2D eigenvalue weighted by Crippen LogP contribution is 2.32. The summed E-state index contributed by atoms with van der Waals surface area (Å²) in [5.74, 6) is -0.229. The van der Waals surface area contributed by atoms with E-state index in [4.69, 9.17) is 4.98 Å². The Morgan fingerprint density at radius 2 is 1.89 bits per heavy atom. The summed E-state index contributed by atoms with van der Waals surface area (Å²) in [6.07, 6.45) is 2.62. The molecule has 0 saturated carbocycles. The van der Waals surface area contributed by atoms with Gasteiger partial charge in [0.1, 0.15) is 11.6 Å². The predicted molar refractivity (Wildman–Crippen MR) is 129 cm³/mol. The van der Waals surface area contributed by atoms with Crippen LogP contribution < -0.4 is 0 Å². The van der Waals surface area contributed by atoms with Gasteiger partial charge in [-0.2, -0.15) is 5.21 Å². The standard InChI is InChI=1S/C26H23FN6O2/c1-2-3-11-23-28-22-10-6-9-20(26(34)35)24(22)33(23)15-16-12-13-18(21(27)14-16)17-7-4-5-8-19(17)25-29-31-32-30-25/h4-10,12-14H,2-3,11,15H2,1H3,(H,34,35)(H,29,30,31,32). The number of imidazole rings is 1. The number of H-pyrrole nitrogens is 1. The smallest absolute Gasteiger partial charge is 0.337 e. The Morgan fingerprint density at radius 3 is 2.60 bits per heavy atom. The maximum Gasteiger partial charge on any atom is 0.337 e. The summed E-state index contributed by atoms with van der Waals surface area (Å²) in [7, 11) is 0. The normalized spacial score (nSPS) is 11.3. The Kier molecular flexibility index (Phi) is 6.05. The molecule has 35 heavy (non-hydrogen) atoms. The molecular weight excluding hydrogens is 447 g/mol. The van der Waals surface area contributed by atoms with Gasteiger partial charge in [0, 0.05) is 24.1 Å². The zero-order valence-electron chi connectivity index (χ0n) is 19.1. The molecular formula is C26H23FN6O2. The van der Waals surface area contributed by atoms with Crippen molar-refractivity contribution in [1.29, 1.82) is 0 Å². The van der Waals surface area contributed by atoms with E-state index in [1.807, 2.05) is 41.0 Å². The molecule has 0 unspecified atom stereocenters. The number of hydrogen-bond acceptors (Lipinski definition) is 5. The summed E-state index contributed by atoms with van der Waals surface area (Å²) in [6.45, 7) is 2.40. The fraction of sp³-hybridized carbons (Fsp3) is 0.192. The summed E-state index contributed by atoms with van der Waals surface area (Å²) in [5, 5.41) is 23.8. The predicted octanol–water partition coefficient (Wildman–Crippen LogP) is 5.11. The van der Waals surface area contributed by atoms with E-state index in [0.717, 1.165) is 18.7 Å². The van der Waals surface area contributed by atoms with E-state index in [9.17, 15) is 9.90 Å². The molecule has 2 aromatic heterocycles. The van der Waals surface area contributed by atoms with Gasteiger partial charge < -0.3 is 9.67 Å². The van der Waals surface area contributed by atoms with E-state index in [2.05, 4.69) is 27.5 Å². The van der Waals surface area contributed by atoms with Crippen LogP contribution in [0, 0.1) is 5.82 Å². The molecule has 0 aliphatic rings. The van der Waals surface area contributed by atoms with Crippen LogP contribution in [0.25, 0.3) is 33.5 Å². The number of aryl methyl sites for hydroxylation is 1. The highest BCUT2D eigenvalue weighted by atomic mass is 19.1. The van der Waals surface area contributed by atoms with E-state index in [1.54, 1.807) is 18.2 Å². The number of aromatic carboxylic acids is 1. The molecule has 0 bridgehead atoms. The Bertz CT molecular complexity index is 1510. The van der Waals surface area contributed by atoms with Gasteiger partial charge in [0.25, 0.3) is 0 Å². The van der Waals surface area contributed by atoms with E-state index in [1.165, 1.54) is 6.07 Å². The van der Waals surface area contributed by atoms with Gasteiger partial charge in [0.05, 0.1) is 16.6 Å². The number of nitrogens with one attached hydrogen (secondary N) is 1. The fourth-order valence-corrected chi connectivity index (χ4v) is 4.35. The van der Waals surface area contributed by atoms with E-state index < -0.39 is 11.8 Å². The molecule has 5 aromatic rings. The lowest BCUT2D eigenvalue weighted by molar-refractivity contribution is 0.0698. The second-order valence-electron chi connectivity index (χ2n) is 8.29. The largest absolute Gasteiger partial charge is 0.478 e. The van der Waals surface area contributed by atoms with Crippen LogP contribution in [0.15, 0.2) is 60.7 Å². The minimum absolute atomic E-state index is 0.184. The molecule has 0 fully saturated rings. The zero-order chi connectivity index (χ0) is 24.4. The van der Waals surface area contributed by atoms with Gasteiger partial charge in [0.2, 0.25) is 5.82 Å². The number of aromatic amines is 1. The topological polar surface area (TPSA) is 110 Å². The number of halogens is 1. The summed E-state index contributed by atoms with van der Waals surface area (Å²) in [5.41, 5.74) is 3.82. The van der Waals surface area contributed by atoms with Crippen molar-refractivity contribution in [3.63, 3.8) is 0 Å². The summed E-state index contributed by atoms with van der Waals surface area (Å²) < 4.78 is 17.3. The van der Waals surface area contributed by atoms with Crippen molar-refractivity contribution >= 4 is 17.0 Å². The Balaban J connectivity index is 1.56. The number of para-hydroxylation sites is 1. The molecule has 3 aromatic carbocycles. The lowest BCUT2D eigenvalue weighted by atomic mass is 9.97. The molecule has 5 rings (SSSR count). The van der Waals surface area contributed by atoms with Crippen molar-refractivity contribution in [3.8, 4) is 22.5 Å². The van der Waals surface area contributed by atoms with E-state index >= 15 is 4.39 Å². The number of carbonyl (C=O) groups is 1. The zero-order valence-corrected chi connectivity index (χ0v) is 19.1. The Hall–Kier alpha value is -4.40. The van der Waals surface area contributed by atoms with Crippen molar-refractivity contribution in [2.75, 3.05) is 0 Å². The molecule has 9 heteroatoms. The van der Waals surface area contributed by atoms with Crippen LogP contribution in [-0.2, 0) is 13.0 Å². The third-order valence-electron chi connectivity index (χ3n) is 6.01. The Labute approximate surface area is 200 Å². The van der Waals surface area contributed by atoms with Gasteiger partial charge in [0.15, 0.2) is 0 Å². The van der Waals surface area contributed by atoms with Crippen LogP contribution >= 0.6 is 0 Å². The average molecular weight is 471 g/mol. The number of rotatable bonds is 8. The minimum Gasteiger partial charge on any atom is -0.478 e. The average Bonchev–Trinajstić information content (AvgIpc) is 3.51. The first-order chi connectivity index (χ1) is 17.1. The first-order valence-electron chi connectivity index (χ1n) is 11.4. The fourth-order valence-electron chi connectivity index (χ4n) is 4.35. The van der Waals surface area contributed by atoms with Crippen molar-refractivity contribution in [1.82, 2.24) is 30.2 Å². The number of benzene rings is 3. The van der Waals surface area contributed by atoms with Gasteiger partial charge in [-0.1, -0.05) is 55.8 Å². The first-order valence-corrected chi connectivity index (χ1v) is 11.4. The lowest BCUT2D eigenvalue weighted by Crippen LogP contribution is -2.09. The molecule has 0 aliphatic heterocycles. The number of unbranched alkanes of at least 4 members (excludes halogenated alkanes) is 1. The molecule has 0 saturated heterocycles. The summed E-state index contributed by atoms with van der Waals surface area (Å²) in [6, 6.07) is 17.5. The second kappa shape index (κ2) is 9.46. The number of carboxylic acid groups (broad SMARTS) is 1. The van der Waals surface area contributed by atoms with Gasteiger partial charge >= 0.3 is 5.97 Å². The number of aromatic nitrogens is 6. The molecule has 0 aliphatic carbocycles. The number of hydrogen-bond donors (Lipinski definition) is 2. The van der Waals surface area contributed by atoms with Gasteiger partial charge in [-0.15, -0.1) is 10.2 Å². The molecule has 0 amide bonds. The Morgan fingerprint density at radius 1 is 1.06 bits per heavy atom. The molecule has 0 radical (unpaired) electrons. The van der Waals surface area contributed by atoms with Gasteiger partial charge in [-0.3, -0.25) is 0 Å². The molecule has 176 valence electrons. The third-order valence-corrected chi connectivity index (χ3v) is 6.01. The van der Waals surface area contributed by atoms with Crippen LogP contribution in [0.2, 0.25) is 0 Å². The van der Waals surface area contributed by atoms with Crippen LogP contribution in [0.5, 0.6) is 0 Å². The van der Waals surface area contributed by atoms with Gasteiger partial charge in [-0.05, 0) is 41.0 Å². The quantitative estimate of drug-likeness (QED) is 0.326. The maximum atomic E-state index is 15.4. The van der Waals surface area contributed by atoms with Crippen LogP contribution in [-0.4, -0.2) is 41.3 Å². The van der Waals surface area contributed by atoms with Crippen molar-refractivity contribution in [2.45, 2.75) is 32.7 Å². The van der Waals surface area contributed by atoms with Gasteiger partial charge in [-0.25, -0.2) is 14.2 Å². The number of carboxylic acids is 1. The molecule has 2 heterocycles. The summed E-state index contributed by atoms with van der Waals surface area (Å²) >= 11 is 0. The van der Waals surface area contributed by atoms with Crippen molar-refractivity contribution < 1.29 is 14.3 Å². The highest BCUT2D eigenvalue weighted by Gasteiger charge is 2.19. The lowest BCUT2D eigenvalue weighted by Gasteiger charge is -2.13. The minimum atomic E-state index is -1.02. The number of nitrogens with zero attached hydrogens (tertiary/aromatic N) is 5. The van der Waals surface area contributed by atoms with Crippen LogP contribution in [0.3, 0.4) is 0 Å². The molecule has 0 spiro atoms. The van der Waals surface area contributed by atoms with Crippen LogP contribution in [0.4, 0.5) is 4.39 Å². The molecule has 8 nitrogen and oxygen atoms in total. The highest BCUT2D eigenvalue weighted by molar-refractivity contribution is 6.01. The summed E-state index contributed by atoms with van der Waals surface area (Å²) in [4.78, 5) is 16.6. The van der Waals surface area contributed by atoms with E-state index in [0.29, 0.717) is 52.1 Å². The number of fused-ring (bicyclic) bond motifs is 1. The van der Waals surface area contributed by atoms with E-state index in [-0.39, 0.29) is 5.56 Å². The first kappa shape index (κ1) is 22.4. The second-order valence-corrected chi connectivity index (χ2v) is 8.29. The van der Waals surface area contributed by atoms with Crippen molar-refractivity contribution in [3.05, 3.63) is 83.4 Å². The molecule has 2 N–H and O–H groups in total. The maximum absolute atomic E-state index is 15.4. The third kappa shape index (κ3) is 4.28. The molecule has 0 atom stereocenters. The van der Waals surface area contributed by atoms with Crippen LogP contribution in [0.1, 0.15) is 41.5 Å². The number of tetrazole rings is 1. The van der Waals surface area contributed by atoms with Crippen molar-refractivity contribution in [2.24, 2.45) is 0 Å². The SMILES string of the molecule is CCCCc1nc2cccc(C(=O)O)c2n1Cc1ccc(-c2ccccc2-c2nn[nH]n2)c(F)c1.